The molecule has 1 aromatic carbocycles. The van der Waals surface area contributed by atoms with Crippen molar-refractivity contribution in [2.75, 3.05) is 12.4 Å². The summed E-state index contributed by atoms with van der Waals surface area (Å²) in [5, 5.41) is 3.46. The second-order valence-electron chi connectivity index (χ2n) is 8.87. The van der Waals surface area contributed by atoms with Crippen molar-refractivity contribution in [1.29, 1.82) is 0 Å². The van der Waals surface area contributed by atoms with Gasteiger partial charge < -0.3 is 10.1 Å². The fourth-order valence-electron chi connectivity index (χ4n) is 6.13. The normalized spacial score (nSPS) is 37.8. The predicted octanol–water partition coefficient (Wildman–Crippen LogP) is 4.51. The zero-order valence-corrected chi connectivity index (χ0v) is 16.2. The van der Waals surface area contributed by atoms with E-state index in [4.69, 9.17) is 4.74 Å². The van der Waals surface area contributed by atoms with Gasteiger partial charge in [0.25, 0.3) is 5.91 Å². The Morgan fingerprint density at radius 1 is 1.08 bits per heavy atom. The zero-order valence-electron chi connectivity index (χ0n) is 15.4. The van der Waals surface area contributed by atoms with E-state index in [0.717, 1.165) is 52.9 Å². The van der Waals surface area contributed by atoms with Gasteiger partial charge in [-0.15, -0.1) is 11.8 Å². The van der Waals surface area contributed by atoms with Crippen molar-refractivity contribution in [3.8, 4) is 0 Å². The van der Waals surface area contributed by atoms with Gasteiger partial charge in [-0.25, -0.2) is 0 Å². The van der Waals surface area contributed by atoms with E-state index in [0.29, 0.717) is 12.1 Å². The van der Waals surface area contributed by atoms with E-state index in [1.165, 1.54) is 38.5 Å². The maximum atomic E-state index is 13.1. The van der Waals surface area contributed by atoms with E-state index >= 15 is 0 Å². The van der Waals surface area contributed by atoms with Crippen LogP contribution in [0.2, 0.25) is 0 Å². The molecule has 3 nitrogen and oxygen atoms in total. The summed E-state index contributed by atoms with van der Waals surface area (Å²) in [4.78, 5) is 14.2. The number of amides is 1. The molecule has 1 atom stereocenters. The van der Waals surface area contributed by atoms with E-state index in [2.05, 4.69) is 11.4 Å². The minimum Gasteiger partial charge on any atom is -0.377 e. The summed E-state index contributed by atoms with van der Waals surface area (Å²) in [5.74, 6) is 4.42. The van der Waals surface area contributed by atoms with E-state index in [-0.39, 0.29) is 5.91 Å². The van der Waals surface area contributed by atoms with Crippen molar-refractivity contribution >= 4 is 17.7 Å². The SMILES string of the molecule is O=C(NC1C2CC3CC(C2)CC1C3)c1ccccc1SCC1CCCO1. The molecule has 4 saturated carbocycles. The van der Waals surface area contributed by atoms with Crippen LogP contribution in [0.3, 0.4) is 0 Å². The highest BCUT2D eigenvalue weighted by Crippen LogP contribution is 2.53. The second-order valence-corrected chi connectivity index (χ2v) is 9.93. The Hall–Kier alpha value is -1.00. The molecule has 4 aliphatic carbocycles. The molecule has 1 N–H and O–H groups in total. The van der Waals surface area contributed by atoms with Crippen LogP contribution in [0.25, 0.3) is 0 Å². The first kappa shape index (κ1) is 17.1. The second kappa shape index (κ2) is 7.20. The maximum absolute atomic E-state index is 13.1. The summed E-state index contributed by atoms with van der Waals surface area (Å²) in [6.45, 7) is 0.889. The summed E-state index contributed by atoms with van der Waals surface area (Å²) in [6, 6.07) is 8.51. The highest BCUT2D eigenvalue weighted by Gasteiger charge is 2.48. The summed E-state index contributed by atoms with van der Waals surface area (Å²) in [7, 11) is 0. The minimum atomic E-state index is 0.137. The number of rotatable bonds is 5. The van der Waals surface area contributed by atoms with Crippen molar-refractivity contribution in [2.45, 2.75) is 62.0 Å². The Labute approximate surface area is 160 Å². The summed E-state index contributed by atoms with van der Waals surface area (Å²) in [5.41, 5.74) is 0.851. The third-order valence-electron chi connectivity index (χ3n) is 7.10. The number of carbonyl (C=O) groups is 1. The largest absolute Gasteiger partial charge is 0.377 e. The van der Waals surface area contributed by atoms with Crippen molar-refractivity contribution in [1.82, 2.24) is 5.32 Å². The third kappa shape index (κ3) is 3.31. The standard InChI is InChI=1S/C22H29NO2S/c24-22(23-21-16-9-14-8-15(11-16)12-17(21)10-14)19-5-1-2-6-20(19)26-13-18-4-3-7-25-18/h1-2,5-6,14-18,21H,3-4,7-13H2,(H,23,24). The van der Waals surface area contributed by atoms with E-state index in [1.807, 2.05) is 18.2 Å². The molecule has 0 spiro atoms. The van der Waals surface area contributed by atoms with Crippen LogP contribution in [0.4, 0.5) is 0 Å². The van der Waals surface area contributed by atoms with Gasteiger partial charge in [-0.3, -0.25) is 4.79 Å². The average Bonchev–Trinajstić information content (AvgIpc) is 3.16. The molecule has 1 heterocycles. The lowest BCUT2D eigenvalue weighted by molar-refractivity contribution is -0.0120. The Balaban J connectivity index is 1.27. The first-order valence-corrected chi connectivity index (χ1v) is 11.4. The molecule has 4 bridgehead atoms. The summed E-state index contributed by atoms with van der Waals surface area (Å²) >= 11 is 1.78. The van der Waals surface area contributed by atoms with Crippen molar-refractivity contribution < 1.29 is 9.53 Å². The lowest BCUT2D eigenvalue weighted by Crippen LogP contribution is -2.55. The number of hydrogen-bond acceptors (Lipinski definition) is 3. The quantitative estimate of drug-likeness (QED) is 0.774. The Kier molecular flexibility index (Phi) is 4.74. The molecule has 140 valence electrons. The number of ether oxygens (including phenoxy) is 1. The molecule has 4 heteroatoms. The van der Waals surface area contributed by atoms with Gasteiger partial charge in [-0.2, -0.15) is 0 Å². The molecule has 0 radical (unpaired) electrons. The van der Waals surface area contributed by atoms with Gasteiger partial charge in [0.15, 0.2) is 0 Å². The predicted molar refractivity (Wildman–Crippen MR) is 104 cm³/mol. The van der Waals surface area contributed by atoms with Crippen LogP contribution in [-0.4, -0.2) is 30.4 Å². The molecular weight excluding hydrogens is 342 g/mol. The molecule has 1 amide bonds. The lowest BCUT2D eigenvalue weighted by Gasteiger charge is -2.54. The fraction of sp³-hybridized carbons (Fsp3) is 0.682. The first-order valence-electron chi connectivity index (χ1n) is 10.4. The highest BCUT2D eigenvalue weighted by molar-refractivity contribution is 7.99. The number of benzene rings is 1. The van der Waals surface area contributed by atoms with Crippen LogP contribution in [0.5, 0.6) is 0 Å². The van der Waals surface area contributed by atoms with Crippen LogP contribution in [0.1, 0.15) is 55.3 Å². The monoisotopic (exact) mass is 371 g/mol. The number of hydrogen-bond donors (Lipinski definition) is 1. The number of carbonyl (C=O) groups excluding carboxylic acids is 1. The zero-order chi connectivity index (χ0) is 17.5. The maximum Gasteiger partial charge on any atom is 0.252 e. The van der Waals surface area contributed by atoms with Crippen LogP contribution in [-0.2, 0) is 4.74 Å². The highest BCUT2D eigenvalue weighted by atomic mass is 32.2. The first-order chi connectivity index (χ1) is 12.8. The van der Waals surface area contributed by atoms with E-state index in [1.54, 1.807) is 11.8 Å². The Bertz CT molecular complexity index is 642. The molecule has 5 aliphatic rings. The van der Waals surface area contributed by atoms with E-state index in [9.17, 15) is 4.79 Å². The Morgan fingerprint density at radius 3 is 2.50 bits per heavy atom. The van der Waals surface area contributed by atoms with Gasteiger partial charge in [-0.1, -0.05) is 12.1 Å². The molecular formula is C22H29NO2S. The van der Waals surface area contributed by atoms with Crippen molar-refractivity contribution in [3.63, 3.8) is 0 Å². The van der Waals surface area contributed by atoms with Crippen molar-refractivity contribution in [2.24, 2.45) is 23.7 Å². The van der Waals surface area contributed by atoms with Crippen molar-refractivity contribution in [3.05, 3.63) is 29.8 Å². The van der Waals surface area contributed by atoms with Gasteiger partial charge in [0, 0.05) is 23.3 Å². The third-order valence-corrected chi connectivity index (χ3v) is 8.31. The molecule has 1 aromatic rings. The molecule has 1 unspecified atom stereocenters. The number of nitrogens with one attached hydrogen (secondary N) is 1. The smallest absolute Gasteiger partial charge is 0.252 e. The van der Waals surface area contributed by atoms with Gasteiger partial charge in [0.05, 0.1) is 11.7 Å². The molecule has 26 heavy (non-hydrogen) atoms. The van der Waals surface area contributed by atoms with Crippen LogP contribution in [0.15, 0.2) is 29.2 Å². The fourth-order valence-corrected chi connectivity index (χ4v) is 7.25. The molecule has 1 aliphatic heterocycles. The topological polar surface area (TPSA) is 38.3 Å². The van der Waals surface area contributed by atoms with Crippen LogP contribution in [0, 0.1) is 23.7 Å². The molecule has 5 fully saturated rings. The van der Waals surface area contributed by atoms with Gasteiger partial charge in [0.1, 0.15) is 0 Å². The van der Waals surface area contributed by atoms with Crippen LogP contribution < -0.4 is 5.32 Å². The Morgan fingerprint density at radius 2 is 1.81 bits per heavy atom. The summed E-state index contributed by atoms with van der Waals surface area (Å²) < 4.78 is 5.74. The van der Waals surface area contributed by atoms with Gasteiger partial charge in [-0.05, 0) is 80.8 Å². The van der Waals surface area contributed by atoms with E-state index < -0.39 is 0 Å². The minimum absolute atomic E-state index is 0.137. The van der Waals surface area contributed by atoms with Gasteiger partial charge >= 0.3 is 0 Å². The number of thioether (sulfide) groups is 1. The summed E-state index contributed by atoms with van der Waals surface area (Å²) in [6.07, 6.45) is 9.48. The van der Waals surface area contributed by atoms with Crippen LogP contribution >= 0.6 is 11.8 Å². The molecule has 0 aromatic heterocycles. The molecule has 1 saturated heterocycles. The van der Waals surface area contributed by atoms with Gasteiger partial charge in [0.2, 0.25) is 0 Å². The lowest BCUT2D eigenvalue weighted by atomic mass is 9.54. The molecule has 6 rings (SSSR count). The average molecular weight is 372 g/mol.